The van der Waals surface area contributed by atoms with E-state index in [0.29, 0.717) is 36.5 Å². The number of rotatable bonds is 2. The van der Waals surface area contributed by atoms with E-state index in [4.69, 9.17) is 9.15 Å². The third-order valence-corrected chi connectivity index (χ3v) is 3.47. The number of furan rings is 1. The van der Waals surface area contributed by atoms with Crippen molar-refractivity contribution in [3.8, 4) is 0 Å². The van der Waals surface area contributed by atoms with Gasteiger partial charge in [0.25, 0.3) is 0 Å². The van der Waals surface area contributed by atoms with Crippen LogP contribution in [0.2, 0.25) is 0 Å². The predicted octanol–water partition coefficient (Wildman–Crippen LogP) is 2.48. The summed E-state index contributed by atoms with van der Waals surface area (Å²) in [7, 11) is 0. The number of aliphatic carboxylic acids is 1. The zero-order chi connectivity index (χ0) is 11.8. The van der Waals surface area contributed by atoms with Crippen LogP contribution in [-0.4, -0.2) is 24.3 Å². The van der Waals surface area contributed by atoms with Crippen LogP contribution in [0, 0.1) is 6.92 Å². The Balaban J connectivity index is 2.46. The first-order chi connectivity index (χ1) is 7.56. The smallest absolute Gasteiger partial charge is 0.317 e. The molecule has 0 radical (unpaired) electrons. The van der Waals surface area contributed by atoms with Crippen molar-refractivity contribution >= 4 is 21.9 Å². The molecule has 1 aromatic heterocycles. The molecule has 0 saturated carbocycles. The maximum absolute atomic E-state index is 11.5. The Bertz CT molecular complexity index is 404. The summed E-state index contributed by atoms with van der Waals surface area (Å²) >= 11 is 3.23. The van der Waals surface area contributed by atoms with Gasteiger partial charge < -0.3 is 14.3 Å². The van der Waals surface area contributed by atoms with Gasteiger partial charge in [0.15, 0.2) is 4.67 Å². The Kier molecular flexibility index (Phi) is 3.08. The van der Waals surface area contributed by atoms with Crippen molar-refractivity contribution in [3.05, 3.63) is 22.1 Å². The molecule has 2 heterocycles. The lowest BCUT2D eigenvalue weighted by Gasteiger charge is -2.31. The minimum absolute atomic E-state index is 0.461. The molecule has 1 aliphatic rings. The van der Waals surface area contributed by atoms with Gasteiger partial charge in [-0.2, -0.15) is 0 Å². The van der Waals surface area contributed by atoms with Gasteiger partial charge in [0.1, 0.15) is 11.2 Å². The van der Waals surface area contributed by atoms with Gasteiger partial charge in [-0.25, -0.2) is 0 Å². The summed E-state index contributed by atoms with van der Waals surface area (Å²) in [5.41, 5.74) is -0.0508. The van der Waals surface area contributed by atoms with E-state index in [1.165, 1.54) is 0 Å². The molecule has 88 valence electrons. The lowest BCUT2D eigenvalue weighted by Crippen LogP contribution is -2.41. The first-order valence-electron chi connectivity index (χ1n) is 5.14. The number of hydrogen-bond acceptors (Lipinski definition) is 3. The van der Waals surface area contributed by atoms with Crippen molar-refractivity contribution in [2.45, 2.75) is 25.2 Å². The van der Waals surface area contributed by atoms with Crippen LogP contribution in [-0.2, 0) is 14.9 Å². The Morgan fingerprint density at radius 3 is 2.56 bits per heavy atom. The second-order valence-electron chi connectivity index (χ2n) is 4.06. The average Bonchev–Trinajstić information content (AvgIpc) is 2.59. The molecule has 16 heavy (non-hydrogen) atoms. The monoisotopic (exact) mass is 288 g/mol. The molecule has 1 fully saturated rings. The fourth-order valence-electron chi connectivity index (χ4n) is 2.18. The van der Waals surface area contributed by atoms with Crippen LogP contribution in [0.25, 0.3) is 0 Å². The van der Waals surface area contributed by atoms with E-state index in [-0.39, 0.29) is 0 Å². The summed E-state index contributed by atoms with van der Waals surface area (Å²) in [4.78, 5) is 11.5. The Hall–Kier alpha value is -0.810. The highest BCUT2D eigenvalue weighted by Crippen LogP contribution is 2.39. The van der Waals surface area contributed by atoms with Crippen LogP contribution >= 0.6 is 15.9 Å². The minimum Gasteiger partial charge on any atom is -0.480 e. The second-order valence-corrected chi connectivity index (χ2v) is 4.84. The fraction of sp³-hybridized carbons (Fsp3) is 0.545. The predicted molar refractivity (Wildman–Crippen MR) is 60.5 cm³/mol. The maximum atomic E-state index is 11.5. The van der Waals surface area contributed by atoms with Crippen molar-refractivity contribution < 1.29 is 19.1 Å². The Morgan fingerprint density at radius 1 is 1.50 bits per heavy atom. The summed E-state index contributed by atoms with van der Waals surface area (Å²) in [5.74, 6) is -0.282. The van der Waals surface area contributed by atoms with Crippen LogP contribution in [0.5, 0.6) is 0 Å². The zero-order valence-corrected chi connectivity index (χ0v) is 10.5. The second kappa shape index (κ2) is 4.22. The van der Waals surface area contributed by atoms with Gasteiger partial charge in [-0.15, -0.1) is 0 Å². The fourth-order valence-corrected chi connectivity index (χ4v) is 2.68. The molecule has 0 atom stereocenters. The van der Waals surface area contributed by atoms with E-state index in [1.54, 1.807) is 6.07 Å². The van der Waals surface area contributed by atoms with Gasteiger partial charge >= 0.3 is 5.97 Å². The summed E-state index contributed by atoms with van der Waals surface area (Å²) < 4.78 is 11.3. The standard InChI is InChI=1S/C11H13BrO4/c1-7-6-8(12)16-9(7)11(10(13)14)2-4-15-5-3-11/h6H,2-5H2,1H3,(H,13,14). The van der Waals surface area contributed by atoms with E-state index in [9.17, 15) is 9.90 Å². The molecule has 0 bridgehead atoms. The number of hydrogen-bond donors (Lipinski definition) is 1. The van der Waals surface area contributed by atoms with Crippen molar-refractivity contribution in [1.29, 1.82) is 0 Å². The lowest BCUT2D eigenvalue weighted by atomic mass is 9.77. The topological polar surface area (TPSA) is 59.7 Å². The number of carboxylic acid groups (broad SMARTS) is 1. The molecule has 2 rings (SSSR count). The molecular weight excluding hydrogens is 276 g/mol. The number of carboxylic acids is 1. The van der Waals surface area contributed by atoms with E-state index < -0.39 is 11.4 Å². The van der Waals surface area contributed by atoms with E-state index >= 15 is 0 Å². The number of aryl methyl sites for hydroxylation is 1. The van der Waals surface area contributed by atoms with Crippen LogP contribution in [0.15, 0.2) is 15.2 Å². The molecule has 0 aliphatic carbocycles. The van der Waals surface area contributed by atoms with Crippen LogP contribution in [0.3, 0.4) is 0 Å². The summed E-state index contributed by atoms with van der Waals surface area (Å²) in [5, 5.41) is 9.45. The molecule has 0 amide bonds. The highest BCUT2D eigenvalue weighted by atomic mass is 79.9. The molecular formula is C11H13BrO4. The van der Waals surface area contributed by atoms with Crippen LogP contribution in [0.1, 0.15) is 24.2 Å². The third-order valence-electron chi connectivity index (χ3n) is 3.08. The largest absolute Gasteiger partial charge is 0.480 e. The number of halogens is 1. The molecule has 1 saturated heterocycles. The van der Waals surface area contributed by atoms with Gasteiger partial charge in [-0.05, 0) is 47.3 Å². The third kappa shape index (κ3) is 1.78. The van der Waals surface area contributed by atoms with Crippen molar-refractivity contribution in [2.75, 3.05) is 13.2 Å². The normalized spacial score (nSPS) is 19.6. The lowest BCUT2D eigenvalue weighted by molar-refractivity contribution is -0.148. The molecule has 1 N–H and O–H groups in total. The molecule has 0 unspecified atom stereocenters. The number of ether oxygens (including phenoxy) is 1. The number of carbonyl (C=O) groups is 1. The summed E-state index contributed by atoms with van der Waals surface area (Å²) in [6, 6.07) is 1.80. The van der Waals surface area contributed by atoms with Gasteiger partial charge in [0.2, 0.25) is 0 Å². The first-order valence-corrected chi connectivity index (χ1v) is 5.93. The quantitative estimate of drug-likeness (QED) is 0.908. The summed E-state index contributed by atoms with van der Waals surface area (Å²) in [6.07, 6.45) is 0.923. The molecule has 0 spiro atoms. The Labute approximate surface area is 102 Å². The maximum Gasteiger partial charge on any atom is 0.317 e. The van der Waals surface area contributed by atoms with Crippen LogP contribution in [0.4, 0.5) is 0 Å². The molecule has 1 aliphatic heterocycles. The van der Waals surface area contributed by atoms with E-state index in [2.05, 4.69) is 15.9 Å². The Morgan fingerprint density at radius 2 is 2.12 bits per heavy atom. The highest BCUT2D eigenvalue weighted by Gasteiger charge is 2.45. The van der Waals surface area contributed by atoms with Gasteiger partial charge in [0, 0.05) is 13.2 Å². The molecule has 0 aromatic carbocycles. The van der Waals surface area contributed by atoms with Gasteiger partial charge in [-0.3, -0.25) is 4.79 Å². The van der Waals surface area contributed by atoms with E-state index in [1.807, 2.05) is 6.92 Å². The van der Waals surface area contributed by atoms with Crippen molar-refractivity contribution in [1.82, 2.24) is 0 Å². The minimum atomic E-state index is -0.922. The highest BCUT2D eigenvalue weighted by molar-refractivity contribution is 9.10. The van der Waals surface area contributed by atoms with Crippen molar-refractivity contribution in [3.63, 3.8) is 0 Å². The van der Waals surface area contributed by atoms with E-state index in [0.717, 1.165) is 5.56 Å². The van der Waals surface area contributed by atoms with Crippen molar-refractivity contribution in [2.24, 2.45) is 0 Å². The van der Waals surface area contributed by atoms with Crippen LogP contribution < -0.4 is 0 Å². The first kappa shape index (κ1) is 11.7. The molecule has 5 heteroatoms. The average molecular weight is 289 g/mol. The SMILES string of the molecule is Cc1cc(Br)oc1C1(C(=O)O)CCOCC1. The zero-order valence-electron chi connectivity index (χ0n) is 8.96. The summed E-state index contributed by atoms with van der Waals surface area (Å²) in [6.45, 7) is 2.79. The molecule has 4 nitrogen and oxygen atoms in total. The van der Waals surface area contributed by atoms with Gasteiger partial charge in [0.05, 0.1) is 0 Å². The van der Waals surface area contributed by atoms with Gasteiger partial charge in [-0.1, -0.05) is 0 Å². The molecule has 1 aromatic rings.